The van der Waals surface area contributed by atoms with Crippen molar-refractivity contribution < 1.29 is 13.2 Å². The van der Waals surface area contributed by atoms with Crippen molar-refractivity contribution >= 4 is 0 Å². The molecule has 0 aromatic carbocycles. The first-order valence-electron chi connectivity index (χ1n) is 4.28. The Kier molecular flexibility index (Phi) is 2.99. The normalized spacial score (nSPS) is 22.0. The molecule has 0 aromatic rings. The molecule has 1 aliphatic carbocycles. The van der Waals surface area contributed by atoms with Crippen LogP contribution in [-0.2, 0) is 0 Å². The molecule has 1 fully saturated rings. The first-order valence-corrected chi connectivity index (χ1v) is 4.28. The highest BCUT2D eigenvalue weighted by Gasteiger charge is 2.40. The van der Waals surface area contributed by atoms with Crippen LogP contribution in [0.1, 0.15) is 25.7 Å². The van der Waals surface area contributed by atoms with E-state index in [-0.39, 0.29) is 6.42 Å². The minimum Gasteiger partial charge on any atom is -0.309 e. The highest BCUT2D eigenvalue weighted by atomic mass is 19.4. The van der Waals surface area contributed by atoms with Crippen LogP contribution >= 0.6 is 0 Å². The van der Waals surface area contributed by atoms with Crippen LogP contribution in [-0.4, -0.2) is 19.3 Å². The molecule has 12 heavy (non-hydrogen) atoms. The van der Waals surface area contributed by atoms with Gasteiger partial charge in [0, 0.05) is 0 Å². The van der Waals surface area contributed by atoms with E-state index in [1.54, 1.807) is 0 Å². The number of alkyl halides is 3. The topological polar surface area (TPSA) is 12.0 Å². The summed E-state index contributed by atoms with van der Waals surface area (Å²) in [4.78, 5) is 0. The summed E-state index contributed by atoms with van der Waals surface area (Å²) in [7, 11) is 1.37. The van der Waals surface area contributed by atoms with Gasteiger partial charge in [0.2, 0.25) is 0 Å². The Bertz CT molecular complexity index is 140. The third-order valence-corrected chi connectivity index (χ3v) is 2.54. The Labute approximate surface area is 70.3 Å². The largest absolute Gasteiger partial charge is 0.403 e. The summed E-state index contributed by atoms with van der Waals surface area (Å²) in [6, 6.07) is -1.30. The Morgan fingerprint density at radius 2 is 2.00 bits per heavy atom. The second kappa shape index (κ2) is 3.64. The molecular weight excluding hydrogens is 167 g/mol. The van der Waals surface area contributed by atoms with Crippen LogP contribution in [0.25, 0.3) is 0 Å². The molecule has 1 rings (SSSR count). The molecule has 4 heteroatoms. The first kappa shape index (κ1) is 9.84. The van der Waals surface area contributed by atoms with Gasteiger partial charge in [-0.3, -0.25) is 0 Å². The van der Waals surface area contributed by atoms with Crippen LogP contribution in [0.2, 0.25) is 0 Å². The monoisotopic (exact) mass is 181 g/mol. The molecule has 0 radical (unpaired) electrons. The summed E-state index contributed by atoms with van der Waals surface area (Å²) < 4.78 is 36.5. The van der Waals surface area contributed by atoms with E-state index in [2.05, 4.69) is 5.32 Å². The standard InChI is InChI=1S/C8H14F3N/c1-12-7(8(9,10)11)5-6-3-2-4-6/h6-7,12H,2-5H2,1H3. The summed E-state index contributed by atoms with van der Waals surface area (Å²) in [5.41, 5.74) is 0. The van der Waals surface area contributed by atoms with Gasteiger partial charge in [-0.15, -0.1) is 0 Å². The maximum Gasteiger partial charge on any atom is 0.403 e. The van der Waals surface area contributed by atoms with Crippen molar-refractivity contribution in [1.29, 1.82) is 0 Å². The fourth-order valence-electron chi connectivity index (χ4n) is 1.48. The maximum absolute atomic E-state index is 12.2. The zero-order valence-corrected chi connectivity index (χ0v) is 7.12. The maximum atomic E-state index is 12.2. The van der Waals surface area contributed by atoms with E-state index in [9.17, 15) is 13.2 Å². The van der Waals surface area contributed by atoms with E-state index >= 15 is 0 Å². The van der Waals surface area contributed by atoms with E-state index in [1.807, 2.05) is 0 Å². The third kappa shape index (κ3) is 2.37. The zero-order valence-electron chi connectivity index (χ0n) is 7.12. The Morgan fingerprint density at radius 1 is 1.42 bits per heavy atom. The average Bonchev–Trinajstić information content (AvgIpc) is 1.82. The molecule has 0 bridgehead atoms. The molecule has 72 valence electrons. The van der Waals surface area contributed by atoms with Crippen LogP contribution in [0.3, 0.4) is 0 Å². The second-order valence-electron chi connectivity index (χ2n) is 3.42. The molecule has 1 saturated carbocycles. The van der Waals surface area contributed by atoms with Crippen LogP contribution in [0.4, 0.5) is 13.2 Å². The number of nitrogens with one attached hydrogen (secondary N) is 1. The lowest BCUT2D eigenvalue weighted by molar-refractivity contribution is -0.159. The quantitative estimate of drug-likeness (QED) is 0.704. The fourth-order valence-corrected chi connectivity index (χ4v) is 1.48. The predicted octanol–water partition coefficient (Wildman–Crippen LogP) is 2.33. The van der Waals surface area contributed by atoms with Gasteiger partial charge in [-0.05, 0) is 19.4 Å². The third-order valence-electron chi connectivity index (χ3n) is 2.54. The summed E-state index contributed by atoms with van der Waals surface area (Å²) in [5, 5.41) is 2.32. The van der Waals surface area contributed by atoms with Gasteiger partial charge in [-0.25, -0.2) is 0 Å². The van der Waals surface area contributed by atoms with Gasteiger partial charge in [-0.2, -0.15) is 13.2 Å². The summed E-state index contributed by atoms with van der Waals surface area (Å²) >= 11 is 0. The molecule has 1 nitrogen and oxygen atoms in total. The number of hydrogen-bond donors (Lipinski definition) is 1. The highest BCUT2D eigenvalue weighted by Crippen LogP contribution is 2.34. The van der Waals surface area contributed by atoms with Crippen molar-refractivity contribution in [2.24, 2.45) is 5.92 Å². The molecule has 0 amide bonds. The Morgan fingerprint density at radius 3 is 2.25 bits per heavy atom. The van der Waals surface area contributed by atoms with Crippen molar-refractivity contribution in [2.75, 3.05) is 7.05 Å². The van der Waals surface area contributed by atoms with E-state index < -0.39 is 12.2 Å². The van der Waals surface area contributed by atoms with E-state index in [0.717, 1.165) is 19.3 Å². The van der Waals surface area contributed by atoms with Crippen LogP contribution in [0, 0.1) is 5.92 Å². The average molecular weight is 181 g/mol. The van der Waals surface area contributed by atoms with E-state index in [4.69, 9.17) is 0 Å². The summed E-state index contributed by atoms with van der Waals surface area (Å²) in [5.74, 6) is 0.295. The number of halogens is 3. The lowest BCUT2D eigenvalue weighted by Gasteiger charge is -2.30. The minimum atomic E-state index is -4.08. The van der Waals surface area contributed by atoms with Gasteiger partial charge in [0.15, 0.2) is 0 Å². The van der Waals surface area contributed by atoms with Gasteiger partial charge >= 0.3 is 6.18 Å². The molecule has 0 saturated heterocycles. The molecular formula is C8H14F3N. The molecule has 0 aliphatic heterocycles. The molecule has 0 heterocycles. The molecule has 1 unspecified atom stereocenters. The Balaban J connectivity index is 2.34. The van der Waals surface area contributed by atoms with Crippen molar-refractivity contribution in [3.63, 3.8) is 0 Å². The SMILES string of the molecule is CNC(CC1CCC1)C(F)(F)F. The zero-order chi connectivity index (χ0) is 9.19. The summed E-state index contributed by atoms with van der Waals surface area (Å²) in [6.45, 7) is 0. The van der Waals surface area contributed by atoms with Crippen LogP contribution in [0.15, 0.2) is 0 Å². The van der Waals surface area contributed by atoms with Gasteiger partial charge < -0.3 is 5.32 Å². The van der Waals surface area contributed by atoms with Crippen molar-refractivity contribution in [2.45, 2.75) is 37.9 Å². The first-order chi connectivity index (χ1) is 5.54. The summed E-state index contributed by atoms with van der Waals surface area (Å²) in [6.07, 6.45) is -0.800. The van der Waals surface area contributed by atoms with Gasteiger partial charge in [-0.1, -0.05) is 19.3 Å². The lowest BCUT2D eigenvalue weighted by atomic mass is 9.81. The van der Waals surface area contributed by atoms with Crippen LogP contribution in [0.5, 0.6) is 0 Å². The molecule has 1 N–H and O–H groups in total. The van der Waals surface area contributed by atoms with Gasteiger partial charge in [0.05, 0.1) is 0 Å². The molecule has 0 aromatic heterocycles. The lowest BCUT2D eigenvalue weighted by Crippen LogP contribution is -2.42. The highest BCUT2D eigenvalue weighted by molar-refractivity contribution is 4.80. The minimum absolute atomic E-state index is 0.250. The molecule has 1 atom stereocenters. The van der Waals surface area contributed by atoms with Crippen molar-refractivity contribution in [1.82, 2.24) is 5.32 Å². The molecule has 1 aliphatic rings. The van der Waals surface area contributed by atoms with Crippen molar-refractivity contribution in [3.8, 4) is 0 Å². The predicted molar refractivity (Wildman–Crippen MR) is 40.9 cm³/mol. The van der Waals surface area contributed by atoms with Crippen LogP contribution < -0.4 is 5.32 Å². The Hall–Kier alpha value is -0.250. The smallest absolute Gasteiger partial charge is 0.309 e. The number of hydrogen-bond acceptors (Lipinski definition) is 1. The van der Waals surface area contributed by atoms with E-state index in [0.29, 0.717) is 5.92 Å². The van der Waals surface area contributed by atoms with E-state index in [1.165, 1.54) is 7.05 Å². The van der Waals surface area contributed by atoms with Crippen molar-refractivity contribution in [3.05, 3.63) is 0 Å². The number of rotatable bonds is 3. The molecule has 0 spiro atoms. The van der Waals surface area contributed by atoms with Gasteiger partial charge in [0.1, 0.15) is 6.04 Å². The second-order valence-corrected chi connectivity index (χ2v) is 3.42. The van der Waals surface area contributed by atoms with Gasteiger partial charge in [0.25, 0.3) is 0 Å². The fraction of sp³-hybridized carbons (Fsp3) is 1.00.